The van der Waals surface area contributed by atoms with E-state index in [2.05, 4.69) is 62.8 Å². The van der Waals surface area contributed by atoms with Gasteiger partial charge in [0.25, 0.3) is 0 Å². The van der Waals surface area contributed by atoms with Crippen LogP contribution in [0.2, 0.25) is 0 Å². The number of carboxylic acids is 1. The SMILES string of the molecule is CCCCC[C@@](CNCC(C)CNC[C@@](N)(CC)CN)(NCC(C)C[C@H](C)CC)NC(=O)CCCC(=O)O. The molecule has 9 N–H and O–H groups in total. The van der Waals surface area contributed by atoms with Gasteiger partial charge in [0.15, 0.2) is 0 Å². The highest BCUT2D eigenvalue weighted by Gasteiger charge is 2.31. The highest BCUT2D eigenvalue weighted by atomic mass is 16.4. The molecule has 0 radical (unpaired) electrons. The van der Waals surface area contributed by atoms with Crippen LogP contribution in [0.3, 0.4) is 0 Å². The predicted molar refractivity (Wildman–Crippen MR) is 159 cm³/mol. The number of unbranched alkanes of at least 4 members (excludes halogenated alkanes) is 2. The maximum absolute atomic E-state index is 12.9. The van der Waals surface area contributed by atoms with Crippen molar-refractivity contribution in [3.05, 3.63) is 0 Å². The smallest absolute Gasteiger partial charge is 0.303 e. The maximum Gasteiger partial charge on any atom is 0.303 e. The first-order valence-electron chi connectivity index (χ1n) is 15.1. The van der Waals surface area contributed by atoms with E-state index >= 15 is 0 Å². The third-order valence-electron chi connectivity index (χ3n) is 7.67. The summed E-state index contributed by atoms with van der Waals surface area (Å²) in [6, 6.07) is 0. The number of nitrogens with one attached hydrogen (secondary N) is 4. The fourth-order valence-electron chi connectivity index (χ4n) is 4.62. The number of carbonyl (C=O) groups is 2. The van der Waals surface area contributed by atoms with Crippen molar-refractivity contribution in [2.24, 2.45) is 29.2 Å². The van der Waals surface area contributed by atoms with Crippen molar-refractivity contribution in [3.8, 4) is 0 Å². The van der Waals surface area contributed by atoms with Crippen LogP contribution in [-0.4, -0.2) is 67.5 Å². The first-order valence-corrected chi connectivity index (χ1v) is 15.1. The van der Waals surface area contributed by atoms with E-state index < -0.39 is 11.6 Å². The minimum absolute atomic E-state index is 0.00462. The molecule has 0 aliphatic rings. The van der Waals surface area contributed by atoms with Gasteiger partial charge in [0.2, 0.25) is 5.91 Å². The van der Waals surface area contributed by atoms with Gasteiger partial charge in [-0.15, -0.1) is 0 Å². The first-order chi connectivity index (χ1) is 17.9. The average Bonchev–Trinajstić information content (AvgIpc) is 2.87. The average molecular weight is 543 g/mol. The van der Waals surface area contributed by atoms with E-state index in [0.29, 0.717) is 43.8 Å². The third kappa shape index (κ3) is 17.4. The van der Waals surface area contributed by atoms with Crippen LogP contribution in [0, 0.1) is 17.8 Å². The minimum atomic E-state index is -0.870. The molecule has 0 spiro atoms. The molecule has 0 bridgehead atoms. The topological polar surface area (TPSA) is 155 Å². The van der Waals surface area contributed by atoms with Gasteiger partial charge in [0, 0.05) is 38.0 Å². The van der Waals surface area contributed by atoms with Crippen LogP contribution in [0.5, 0.6) is 0 Å². The molecule has 0 aromatic heterocycles. The van der Waals surface area contributed by atoms with E-state index in [1.54, 1.807) is 0 Å². The highest BCUT2D eigenvalue weighted by molar-refractivity contribution is 5.77. The number of amides is 1. The molecule has 0 fully saturated rings. The molecule has 2 unspecified atom stereocenters. The second-order valence-corrected chi connectivity index (χ2v) is 11.9. The summed E-state index contributed by atoms with van der Waals surface area (Å²) < 4.78 is 0. The fourth-order valence-corrected chi connectivity index (χ4v) is 4.62. The molecule has 38 heavy (non-hydrogen) atoms. The summed E-state index contributed by atoms with van der Waals surface area (Å²) in [5.74, 6) is 0.558. The molecular formula is C29H62N6O3. The van der Waals surface area contributed by atoms with Gasteiger partial charge < -0.3 is 32.5 Å². The molecule has 0 rings (SSSR count). The van der Waals surface area contributed by atoms with Gasteiger partial charge >= 0.3 is 5.97 Å². The zero-order valence-electron chi connectivity index (χ0n) is 25.5. The van der Waals surface area contributed by atoms with E-state index in [-0.39, 0.29) is 24.3 Å². The van der Waals surface area contributed by atoms with Crippen LogP contribution in [0.1, 0.15) is 106 Å². The Labute approximate surface area is 233 Å². The Morgan fingerprint density at radius 1 is 0.868 bits per heavy atom. The molecule has 0 heterocycles. The lowest BCUT2D eigenvalue weighted by atomic mass is 9.93. The van der Waals surface area contributed by atoms with Crippen molar-refractivity contribution in [1.29, 1.82) is 0 Å². The first kappa shape index (κ1) is 36.7. The fraction of sp³-hybridized carbons (Fsp3) is 0.931. The van der Waals surface area contributed by atoms with Crippen molar-refractivity contribution in [3.63, 3.8) is 0 Å². The Morgan fingerprint density at radius 2 is 1.53 bits per heavy atom. The third-order valence-corrected chi connectivity index (χ3v) is 7.67. The van der Waals surface area contributed by atoms with Gasteiger partial charge in [-0.3, -0.25) is 14.9 Å². The largest absolute Gasteiger partial charge is 0.481 e. The molecule has 0 aromatic rings. The summed E-state index contributed by atoms with van der Waals surface area (Å²) in [5, 5.41) is 23.1. The van der Waals surface area contributed by atoms with Gasteiger partial charge in [-0.1, -0.05) is 60.8 Å². The van der Waals surface area contributed by atoms with Crippen LogP contribution in [0.25, 0.3) is 0 Å². The molecule has 9 heteroatoms. The lowest BCUT2D eigenvalue weighted by molar-refractivity contribution is -0.137. The van der Waals surface area contributed by atoms with Gasteiger partial charge in [-0.2, -0.15) is 0 Å². The molecule has 0 aliphatic heterocycles. The van der Waals surface area contributed by atoms with Crippen LogP contribution in [-0.2, 0) is 9.59 Å². The van der Waals surface area contributed by atoms with Crippen molar-refractivity contribution >= 4 is 11.9 Å². The zero-order valence-corrected chi connectivity index (χ0v) is 25.5. The van der Waals surface area contributed by atoms with Gasteiger partial charge in [-0.05, 0) is 69.5 Å². The van der Waals surface area contributed by atoms with Gasteiger partial charge in [0.1, 0.15) is 5.66 Å². The molecule has 0 aromatic carbocycles. The van der Waals surface area contributed by atoms with Crippen LogP contribution < -0.4 is 32.7 Å². The van der Waals surface area contributed by atoms with E-state index in [1.165, 1.54) is 0 Å². The number of hydrogen-bond donors (Lipinski definition) is 7. The molecule has 5 atom stereocenters. The summed E-state index contributed by atoms with van der Waals surface area (Å²) >= 11 is 0. The molecule has 0 saturated heterocycles. The van der Waals surface area contributed by atoms with E-state index in [1.807, 2.05) is 0 Å². The summed E-state index contributed by atoms with van der Waals surface area (Å²) in [4.78, 5) is 23.9. The monoisotopic (exact) mass is 542 g/mol. The molecule has 1 amide bonds. The number of hydrogen-bond acceptors (Lipinski definition) is 7. The van der Waals surface area contributed by atoms with Gasteiger partial charge in [0.05, 0.1) is 0 Å². The summed E-state index contributed by atoms with van der Waals surface area (Å²) in [7, 11) is 0. The molecule has 226 valence electrons. The molecule has 9 nitrogen and oxygen atoms in total. The number of carboxylic acid groups (broad SMARTS) is 1. The van der Waals surface area contributed by atoms with Gasteiger partial charge in [-0.25, -0.2) is 0 Å². The number of rotatable bonds is 25. The van der Waals surface area contributed by atoms with Crippen LogP contribution in [0.4, 0.5) is 0 Å². The normalized spacial score (nSPS) is 17.3. The Morgan fingerprint density at radius 3 is 2.08 bits per heavy atom. The van der Waals surface area contributed by atoms with Crippen molar-refractivity contribution in [2.45, 2.75) is 117 Å². The van der Waals surface area contributed by atoms with E-state index in [0.717, 1.165) is 64.6 Å². The Bertz CT molecular complexity index is 631. The van der Waals surface area contributed by atoms with Crippen molar-refractivity contribution < 1.29 is 14.7 Å². The van der Waals surface area contributed by atoms with Crippen LogP contribution >= 0.6 is 0 Å². The van der Waals surface area contributed by atoms with E-state index in [9.17, 15) is 9.59 Å². The van der Waals surface area contributed by atoms with Crippen LogP contribution in [0.15, 0.2) is 0 Å². The number of aliphatic carboxylic acids is 1. The Hall–Kier alpha value is -1.26. The molecule has 0 aliphatic carbocycles. The lowest BCUT2D eigenvalue weighted by Gasteiger charge is -2.38. The molecule has 0 saturated carbocycles. The summed E-state index contributed by atoms with van der Waals surface area (Å²) in [6.07, 6.45) is 7.72. The second kappa shape index (κ2) is 20.6. The van der Waals surface area contributed by atoms with E-state index in [4.69, 9.17) is 16.6 Å². The number of carbonyl (C=O) groups excluding carboxylic acids is 1. The number of nitrogens with two attached hydrogens (primary N) is 2. The maximum atomic E-state index is 12.9. The Kier molecular flexibility index (Phi) is 19.9. The van der Waals surface area contributed by atoms with Crippen molar-refractivity contribution in [2.75, 3.05) is 39.3 Å². The Balaban J connectivity index is 5.29. The summed E-state index contributed by atoms with van der Waals surface area (Å²) in [6.45, 7) is 17.4. The standard InChI is InChI=1S/C29H62N6O3/c1-7-10-11-15-29(34-19-24(5)16-23(4)8-2,35-26(36)13-12-14-27(37)38)22-33-18-25(6)17-32-21-28(31,9-3)20-30/h23-25,32-34H,7-22,30-31H2,1-6H3,(H,35,36)(H,37,38)/t23-,24?,25?,28-,29-/m1/s1. The van der Waals surface area contributed by atoms with Crippen molar-refractivity contribution in [1.82, 2.24) is 21.3 Å². The summed E-state index contributed by atoms with van der Waals surface area (Å²) in [5.41, 5.74) is 11.2. The second-order valence-electron chi connectivity index (χ2n) is 11.9. The minimum Gasteiger partial charge on any atom is -0.481 e. The molecular weight excluding hydrogens is 480 g/mol. The highest BCUT2D eigenvalue weighted by Crippen LogP contribution is 2.18. The quantitative estimate of drug-likeness (QED) is 0.0685. The predicted octanol–water partition coefficient (Wildman–Crippen LogP) is 3.18. The lowest BCUT2D eigenvalue weighted by Crippen LogP contribution is -2.65. The zero-order chi connectivity index (χ0) is 29.0.